The second-order valence-electron chi connectivity index (χ2n) is 6.62. The molecule has 25 heavy (non-hydrogen) atoms. The van der Waals surface area contributed by atoms with E-state index in [2.05, 4.69) is 26.3 Å². The van der Waals surface area contributed by atoms with Gasteiger partial charge >= 0.3 is 5.97 Å². The van der Waals surface area contributed by atoms with Crippen molar-refractivity contribution in [2.75, 3.05) is 26.0 Å². The van der Waals surface area contributed by atoms with Crippen molar-refractivity contribution in [1.29, 1.82) is 0 Å². The number of rotatable bonds is 4. The zero-order valence-corrected chi connectivity index (χ0v) is 14.3. The molecule has 0 bridgehead atoms. The van der Waals surface area contributed by atoms with Crippen molar-refractivity contribution in [2.45, 2.75) is 13.3 Å². The number of ether oxygens (including phenoxy) is 1. The first-order valence-corrected chi connectivity index (χ1v) is 7.99. The number of anilines is 2. The van der Waals surface area contributed by atoms with Gasteiger partial charge in [0.15, 0.2) is 17.2 Å². The molecule has 132 valence electrons. The van der Waals surface area contributed by atoms with E-state index in [-0.39, 0.29) is 17.0 Å². The highest BCUT2D eigenvalue weighted by molar-refractivity contribution is 6.00. The Morgan fingerprint density at radius 1 is 1.24 bits per heavy atom. The third-order valence-electron chi connectivity index (χ3n) is 4.38. The molecule has 0 saturated heterocycles. The molecule has 7 nitrogen and oxygen atoms in total. The van der Waals surface area contributed by atoms with Crippen LogP contribution in [0.5, 0.6) is 23.0 Å². The number of carbonyl (C=O) groups is 1. The van der Waals surface area contributed by atoms with Crippen molar-refractivity contribution in [3.8, 4) is 23.0 Å². The Bertz CT molecular complexity index is 861. The molecule has 1 aliphatic heterocycles. The molecule has 1 heterocycles. The molecule has 7 heteroatoms. The van der Waals surface area contributed by atoms with Gasteiger partial charge in [0.05, 0.1) is 31.9 Å². The summed E-state index contributed by atoms with van der Waals surface area (Å²) in [6, 6.07) is 6.62. The second-order valence-corrected chi connectivity index (χ2v) is 6.62. The Morgan fingerprint density at radius 3 is 2.60 bits per heavy atom. The molecular weight excluding hydrogens is 324 g/mol. The number of nitrogens with one attached hydrogen (secondary N) is 1. The first-order valence-electron chi connectivity index (χ1n) is 7.99. The van der Waals surface area contributed by atoms with E-state index in [0.717, 1.165) is 24.7 Å². The van der Waals surface area contributed by atoms with Gasteiger partial charge in [0.2, 0.25) is 5.75 Å². The van der Waals surface area contributed by atoms with E-state index in [1.54, 1.807) is 0 Å². The fourth-order valence-electron chi connectivity index (χ4n) is 3.03. The number of hydrogen-bond acceptors (Lipinski definition) is 5. The van der Waals surface area contributed by atoms with Crippen LogP contribution in [0.25, 0.3) is 0 Å². The highest BCUT2D eigenvalue weighted by Crippen LogP contribution is 2.52. The Kier molecular flexibility index (Phi) is 3.96. The van der Waals surface area contributed by atoms with Crippen LogP contribution in [0.1, 0.15) is 23.7 Å². The molecule has 3 rings (SSSR count). The summed E-state index contributed by atoms with van der Waals surface area (Å²) < 4.78 is 6.41. The summed E-state index contributed by atoms with van der Waals surface area (Å²) >= 11 is 0. The van der Waals surface area contributed by atoms with E-state index < -0.39 is 17.5 Å². The van der Waals surface area contributed by atoms with Gasteiger partial charge in [-0.25, -0.2) is 4.79 Å². The number of carboxylic acids is 1. The summed E-state index contributed by atoms with van der Waals surface area (Å²) in [6.45, 7) is 3.05. The topological polar surface area (TPSA) is 99.0 Å². The summed E-state index contributed by atoms with van der Waals surface area (Å²) in [6.07, 6.45) is 1.02. The lowest BCUT2D eigenvalue weighted by Gasteiger charge is -2.31. The molecule has 0 unspecified atom stereocenters. The Labute approximate surface area is 145 Å². The van der Waals surface area contributed by atoms with Crippen molar-refractivity contribution >= 4 is 23.0 Å². The lowest BCUT2D eigenvalue weighted by atomic mass is 10.1. The minimum Gasteiger partial charge on any atom is -0.504 e. The molecule has 0 spiro atoms. The molecule has 0 aliphatic carbocycles. The fraction of sp³-hybridized carbons (Fsp3) is 0.278. The largest absolute Gasteiger partial charge is 0.504 e. The van der Waals surface area contributed by atoms with E-state index in [0.29, 0.717) is 15.9 Å². The van der Waals surface area contributed by atoms with Gasteiger partial charge < -0.3 is 25.4 Å². The zero-order chi connectivity index (χ0) is 18.4. The van der Waals surface area contributed by atoms with Crippen LogP contribution >= 0.6 is 0 Å². The summed E-state index contributed by atoms with van der Waals surface area (Å²) in [5, 5.41) is 32.2. The molecule has 0 atom stereocenters. The summed E-state index contributed by atoms with van der Waals surface area (Å²) in [5.74, 6) is -1.90. The van der Waals surface area contributed by atoms with E-state index >= 15 is 0 Å². The first kappa shape index (κ1) is 16.9. The van der Waals surface area contributed by atoms with Crippen LogP contribution in [0.15, 0.2) is 24.3 Å². The van der Waals surface area contributed by atoms with Gasteiger partial charge in [-0.2, -0.15) is 0 Å². The van der Waals surface area contributed by atoms with Crippen LogP contribution in [0.3, 0.4) is 0 Å². The SMILES string of the molecule is CCC[N+](C)(C)c1ccc2c(c1)Oc1c(O)c(O)cc(C(=O)O)c1N2. The normalized spacial score (nSPS) is 12.6. The quantitative estimate of drug-likeness (QED) is 0.327. The predicted octanol–water partition coefficient (Wildman–Crippen LogP) is 3.62. The Hall–Kier alpha value is -2.93. The lowest BCUT2D eigenvalue weighted by Crippen LogP contribution is -2.40. The molecule has 0 fully saturated rings. The maximum atomic E-state index is 11.4. The van der Waals surface area contributed by atoms with Crippen LogP contribution in [0.4, 0.5) is 17.1 Å². The maximum absolute atomic E-state index is 11.4. The van der Waals surface area contributed by atoms with Crippen molar-refractivity contribution in [1.82, 2.24) is 4.48 Å². The summed E-state index contributed by atoms with van der Waals surface area (Å²) in [7, 11) is 4.17. The van der Waals surface area contributed by atoms with Gasteiger partial charge in [0.1, 0.15) is 11.4 Å². The maximum Gasteiger partial charge on any atom is 0.338 e. The van der Waals surface area contributed by atoms with Crippen LogP contribution in [-0.2, 0) is 0 Å². The number of quaternary nitrogens is 1. The van der Waals surface area contributed by atoms with Crippen LogP contribution in [-0.4, -0.2) is 41.9 Å². The van der Waals surface area contributed by atoms with Crippen molar-refractivity contribution in [3.05, 3.63) is 29.8 Å². The van der Waals surface area contributed by atoms with Gasteiger partial charge in [-0.1, -0.05) is 6.92 Å². The Balaban J connectivity index is 2.09. The number of phenols is 2. The second kappa shape index (κ2) is 5.86. The average molecular weight is 345 g/mol. The molecule has 1 aliphatic rings. The molecule has 0 amide bonds. The van der Waals surface area contributed by atoms with E-state index in [1.165, 1.54) is 0 Å². The Morgan fingerprint density at radius 2 is 1.96 bits per heavy atom. The number of carboxylic acid groups (broad SMARTS) is 1. The van der Waals surface area contributed by atoms with Gasteiger partial charge in [-0.3, -0.25) is 4.48 Å². The van der Waals surface area contributed by atoms with Crippen LogP contribution < -0.4 is 14.5 Å². The summed E-state index contributed by atoms with van der Waals surface area (Å²) in [5.41, 5.74) is 1.55. The highest BCUT2D eigenvalue weighted by atomic mass is 16.5. The molecule has 0 aromatic heterocycles. The summed E-state index contributed by atoms with van der Waals surface area (Å²) in [4.78, 5) is 11.4. The molecule has 2 aromatic rings. The van der Waals surface area contributed by atoms with E-state index in [4.69, 9.17) is 4.74 Å². The molecule has 4 N–H and O–H groups in total. The monoisotopic (exact) mass is 345 g/mol. The van der Waals surface area contributed by atoms with Gasteiger partial charge in [-0.15, -0.1) is 0 Å². The van der Waals surface area contributed by atoms with Crippen molar-refractivity contribution < 1.29 is 24.9 Å². The number of benzene rings is 2. The zero-order valence-electron chi connectivity index (χ0n) is 14.3. The smallest absolute Gasteiger partial charge is 0.338 e. The third-order valence-corrected chi connectivity index (χ3v) is 4.38. The third kappa shape index (κ3) is 2.83. The first-order chi connectivity index (χ1) is 11.7. The van der Waals surface area contributed by atoms with E-state index in [9.17, 15) is 20.1 Å². The van der Waals surface area contributed by atoms with Crippen LogP contribution in [0, 0.1) is 0 Å². The minimum atomic E-state index is -1.23. The minimum absolute atomic E-state index is 0.0946. The van der Waals surface area contributed by atoms with Gasteiger partial charge in [0, 0.05) is 18.2 Å². The molecule has 2 aromatic carbocycles. The highest BCUT2D eigenvalue weighted by Gasteiger charge is 2.29. The predicted molar refractivity (Wildman–Crippen MR) is 95.3 cm³/mol. The molecule has 0 saturated carbocycles. The van der Waals surface area contributed by atoms with Gasteiger partial charge in [0.25, 0.3) is 0 Å². The lowest BCUT2D eigenvalue weighted by molar-refractivity contribution is 0.0697. The number of phenolic OH excluding ortho intramolecular Hbond substituents is 2. The van der Waals surface area contributed by atoms with E-state index in [1.807, 2.05) is 18.2 Å². The number of hydrogen-bond donors (Lipinski definition) is 4. The van der Waals surface area contributed by atoms with Crippen molar-refractivity contribution in [2.24, 2.45) is 0 Å². The fourth-order valence-corrected chi connectivity index (χ4v) is 3.03. The van der Waals surface area contributed by atoms with Crippen molar-refractivity contribution in [3.63, 3.8) is 0 Å². The average Bonchev–Trinajstić information content (AvgIpc) is 2.56. The standard InChI is InChI=1S/C18H20N2O5/c1-4-7-20(2,3)10-5-6-12-14(8-10)25-17-15(19-12)11(18(23)24)9-13(21)16(17)22/h5-6,8-9,19H,4,7H2,1-3H3,(H2-,21,22,23,24)/p+1. The van der Waals surface area contributed by atoms with Gasteiger partial charge in [-0.05, 0) is 12.5 Å². The number of fused-ring (bicyclic) bond motifs is 2. The molecule has 0 radical (unpaired) electrons. The molecular formula is C18H21N2O5+. The van der Waals surface area contributed by atoms with Crippen LogP contribution in [0.2, 0.25) is 0 Å². The number of aromatic hydroxyl groups is 2. The number of nitrogens with zero attached hydrogens (tertiary/aromatic N) is 1. The number of aromatic carboxylic acids is 1.